The summed E-state index contributed by atoms with van der Waals surface area (Å²) >= 11 is 0. The third kappa shape index (κ3) is 54.4. The zero-order valence-corrected chi connectivity index (χ0v) is 44.9. The van der Waals surface area contributed by atoms with Crippen molar-refractivity contribution in [1.29, 1.82) is 0 Å². The monoisotopic (exact) mass is 941 g/mol. The zero-order chi connectivity index (χ0) is 48.6. The van der Waals surface area contributed by atoms with Crippen LogP contribution in [0.5, 0.6) is 0 Å². The molecule has 1 atom stereocenters. The van der Waals surface area contributed by atoms with E-state index in [4.69, 9.17) is 14.2 Å². The van der Waals surface area contributed by atoms with Crippen LogP contribution in [0.2, 0.25) is 0 Å². The Bertz CT molecular complexity index is 1130. The Morgan fingerprint density at radius 2 is 0.537 bits per heavy atom. The minimum absolute atomic E-state index is 0.0741. The van der Waals surface area contributed by atoms with Gasteiger partial charge in [-0.2, -0.15) is 0 Å². The summed E-state index contributed by atoms with van der Waals surface area (Å²) in [5.41, 5.74) is 0. The highest BCUT2D eigenvalue weighted by atomic mass is 16.6. The maximum Gasteiger partial charge on any atom is 0.306 e. The molecule has 0 aromatic rings. The molecule has 0 saturated carbocycles. The van der Waals surface area contributed by atoms with Crippen molar-refractivity contribution in [2.75, 3.05) is 13.2 Å². The lowest BCUT2D eigenvalue weighted by molar-refractivity contribution is -0.167. The fourth-order valence-corrected chi connectivity index (χ4v) is 8.65. The predicted octanol–water partition coefficient (Wildman–Crippen LogP) is 19.7. The van der Waals surface area contributed by atoms with Crippen molar-refractivity contribution < 1.29 is 28.6 Å². The van der Waals surface area contributed by atoms with Crippen LogP contribution in [0.1, 0.15) is 316 Å². The molecule has 0 aliphatic carbocycles. The number of carbonyl (C=O) groups excluding carboxylic acids is 3. The Morgan fingerprint density at radius 1 is 0.299 bits per heavy atom. The van der Waals surface area contributed by atoms with Crippen molar-refractivity contribution in [2.24, 2.45) is 0 Å². The van der Waals surface area contributed by atoms with E-state index in [-0.39, 0.29) is 31.1 Å². The van der Waals surface area contributed by atoms with Crippen LogP contribution in [0.25, 0.3) is 0 Å². The average Bonchev–Trinajstić information content (AvgIpc) is 3.33. The second kappa shape index (κ2) is 56.2. The Balaban J connectivity index is 4.34. The van der Waals surface area contributed by atoms with E-state index in [1.165, 1.54) is 199 Å². The molecule has 0 unspecified atom stereocenters. The summed E-state index contributed by atoms with van der Waals surface area (Å²) in [6, 6.07) is 0. The number of hydrogen-bond acceptors (Lipinski definition) is 6. The van der Waals surface area contributed by atoms with Gasteiger partial charge in [0.2, 0.25) is 0 Å². The number of allylic oxidation sites excluding steroid dienone is 6. The van der Waals surface area contributed by atoms with Crippen molar-refractivity contribution in [2.45, 2.75) is 322 Å². The maximum atomic E-state index is 12.9. The van der Waals surface area contributed by atoms with Gasteiger partial charge in [0.1, 0.15) is 13.2 Å². The van der Waals surface area contributed by atoms with Crippen LogP contribution in [0.4, 0.5) is 0 Å². The topological polar surface area (TPSA) is 78.9 Å². The van der Waals surface area contributed by atoms with Crippen LogP contribution in [0, 0.1) is 0 Å². The molecule has 0 N–H and O–H groups in total. The van der Waals surface area contributed by atoms with Gasteiger partial charge >= 0.3 is 17.9 Å². The zero-order valence-electron chi connectivity index (χ0n) is 44.9. The normalized spacial score (nSPS) is 12.2. The van der Waals surface area contributed by atoms with Gasteiger partial charge in [0.25, 0.3) is 0 Å². The van der Waals surface area contributed by atoms with Crippen LogP contribution in [0.15, 0.2) is 36.5 Å². The fourth-order valence-electron chi connectivity index (χ4n) is 8.65. The van der Waals surface area contributed by atoms with E-state index in [0.717, 1.165) is 77.0 Å². The smallest absolute Gasteiger partial charge is 0.306 e. The lowest BCUT2D eigenvalue weighted by atomic mass is 10.0. The van der Waals surface area contributed by atoms with Crippen LogP contribution >= 0.6 is 0 Å². The second-order valence-corrected chi connectivity index (χ2v) is 19.9. The SMILES string of the molecule is CCCCC/C=C\C/C=C\CCCCCCCC(=O)OC[C@H](COC(=O)CCCCCCCCCCC/C=C\CCCCCCCC)OC(=O)CCCCCCCCCCCCCCCCC. The number of rotatable bonds is 54. The molecule has 0 aliphatic rings. The molecule has 0 saturated heterocycles. The molecule has 0 rings (SSSR count). The molecule has 0 heterocycles. The molecule has 6 nitrogen and oxygen atoms in total. The number of ether oxygens (including phenoxy) is 3. The van der Waals surface area contributed by atoms with Crippen LogP contribution in [-0.4, -0.2) is 37.2 Å². The number of carbonyl (C=O) groups is 3. The van der Waals surface area contributed by atoms with E-state index in [0.29, 0.717) is 19.3 Å². The molecule has 0 aromatic carbocycles. The summed E-state index contributed by atoms with van der Waals surface area (Å²) in [7, 11) is 0. The lowest BCUT2D eigenvalue weighted by Crippen LogP contribution is -2.30. The van der Waals surface area contributed by atoms with E-state index in [1.807, 2.05) is 0 Å². The molecule has 0 aliphatic heterocycles. The van der Waals surface area contributed by atoms with Gasteiger partial charge in [-0.15, -0.1) is 0 Å². The van der Waals surface area contributed by atoms with Crippen molar-refractivity contribution >= 4 is 17.9 Å². The Kier molecular flexibility index (Phi) is 54.2. The van der Waals surface area contributed by atoms with Crippen molar-refractivity contribution in [3.63, 3.8) is 0 Å². The van der Waals surface area contributed by atoms with E-state index in [1.54, 1.807) is 0 Å². The summed E-state index contributed by atoms with van der Waals surface area (Å²) in [5.74, 6) is -0.871. The summed E-state index contributed by atoms with van der Waals surface area (Å²) in [5, 5.41) is 0. The minimum Gasteiger partial charge on any atom is -0.462 e. The first-order chi connectivity index (χ1) is 33.0. The molecule has 392 valence electrons. The minimum atomic E-state index is -0.775. The molecule has 0 radical (unpaired) electrons. The van der Waals surface area contributed by atoms with Gasteiger partial charge < -0.3 is 14.2 Å². The molecule has 0 bridgehead atoms. The fraction of sp³-hybridized carbons (Fsp3) is 0.852. The lowest BCUT2D eigenvalue weighted by Gasteiger charge is -2.18. The quantitative estimate of drug-likeness (QED) is 0.0262. The second-order valence-electron chi connectivity index (χ2n) is 19.9. The van der Waals surface area contributed by atoms with Crippen LogP contribution < -0.4 is 0 Å². The van der Waals surface area contributed by atoms with E-state index < -0.39 is 6.10 Å². The first kappa shape index (κ1) is 64.6. The first-order valence-corrected chi connectivity index (χ1v) is 29.5. The molecule has 0 aromatic heterocycles. The standard InChI is InChI=1S/C61H112O6/c1-4-7-10-13-16-19-22-25-28-29-30-31-34-36-39-42-45-48-51-54-60(63)66-57-58(67-61(64)55-52-49-46-43-40-37-33-27-24-21-18-15-12-9-6-3)56-65-59(62)53-50-47-44-41-38-35-32-26-23-20-17-14-11-8-5-2/h17,20,25-26,28,32,58H,4-16,18-19,21-24,27,29-31,33-57H2,1-3H3/b20-17-,28-25-,32-26-/t58-/m1/s1. The molecular formula is C61H112O6. The van der Waals surface area contributed by atoms with E-state index >= 15 is 0 Å². The van der Waals surface area contributed by atoms with Gasteiger partial charge in [-0.25, -0.2) is 0 Å². The van der Waals surface area contributed by atoms with Crippen molar-refractivity contribution in [3.8, 4) is 0 Å². The van der Waals surface area contributed by atoms with E-state index in [2.05, 4.69) is 57.2 Å². The van der Waals surface area contributed by atoms with Gasteiger partial charge in [0.05, 0.1) is 0 Å². The van der Waals surface area contributed by atoms with Gasteiger partial charge in [0, 0.05) is 19.3 Å². The Hall–Kier alpha value is -2.37. The summed E-state index contributed by atoms with van der Waals surface area (Å²) < 4.78 is 16.9. The number of esters is 3. The van der Waals surface area contributed by atoms with Crippen LogP contribution in [-0.2, 0) is 28.6 Å². The van der Waals surface area contributed by atoms with Crippen LogP contribution in [0.3, 0.4) is 0 Å². The number of hydrogen-bond donors (Lipinski definition) is 0. The molecule has 67 heavy (non-hydrogen) atoms. The Labute approximate surface area is 416 Å². The van der Waals surface area contributed by atoms with Gasteiger partial charge in [-0.3, -0.25) is 14.4 Å². The molecule has 0 fully saturated rings. The third-order valence-electron chi connectivity index (χ3n) is 13.1. The highest BCUT2D eigenvalue weighted by molar-refractivity contribution is 5.71. The van der Waals surface area contributed by atoms with E-state index in [9.17, 15) is 14.4 Å². The van der Waals surface area contributed by atoms with Crippen molar-refractivity contribution in [1.82, 2.24) is 0 Å². The summed E-state index contributed by atoms with van der Waals surface area (Å²) in [6.07, 6.45) is 67.0. The van der Waals surface area contributed by atoms with Gasteiger partial charge in [0.15, 0.2) is 6.10 Å². The van der Waals surface area contributed by atoms with Crippen molar-refractivity contribution in [3.05, 3.63) is 36.5 Å². The average molecular weight is 942 g/mol. The third-order valence-corrected chi connectivity index (χ3v) is 13.1. The molecule has 0 spiro atoms. The first-order valence-electron chi connectivity index (χ1n) is 29.5. The largest absolute Gasteiger partial charge is 0.462 e. The maximum absolute atomic E-state index is 12.9. The molecule has 0 amide bonds. The van der Waals surface area contributed by atoms with Gasteiger partial charge in [-0.05, 0) is 77.0 Å². The highest BCUT2D eigenvalue weighted by Gasteiger charge is 2.19. The summed E-state index contributed by atoms with van der Waals surface area (Å²) in [4.78, 5) is 38.2. The number of unbranched alkanes of at least 4 members (excludes halogenated alkanes) is 37. The Morgan fingerprint density at radius 3 is 0.866 bits per heavy atom. The molecular weight excluding hydrogens is 829 g/mol. The summed E-state index contributed by atoms with van der Waals surface area (Å²) in [6.45, 7) is 6.64. The molecule has 6 heteroatoms. The van der Waals surface area contributed by atoms with Gasteiger partial charge in [-0.1, -0.05) is 256 Å². The highest BCUT2D eigenvalue weighted by Crippen LogP contribution is 2.16. The predicted molar refractivity (Wildman–Crippen MR) is 289 cm³/mol.